The summed E-state index contributed by atoms with van der Waals surface area (Å²) in [5.41, 5.74) is 1.25. The average Bonchev–Trinajstić information content (AvgIpc) is 3.17. The fourth-order valence-corrected chi connectivity index (χ4v) is 4.80. The Hall–Kier alpha value is -0.660. The predicted octanol–water partition coefficient (Wildman–Crippen LogP) is 1.36. The standard InChI is InChI=1S/C13H21N3O2S2/c1-2-14-9-11-12(10-3-4-10)15-13(19-11)16-5-7-20(17,18)8-6-16/h10,14H,2-9H2,1H3. The van der Waals surface area contributed by atoms with E-state index in [2.05, 4.69) is 17.1 Å². The van der Waals surface area contributed by atoms with Gasteiger partial charge in [-0.25, -0.2) is 13.4 Å². The highest BCUT2D eigenvalue weighted by Gasteiger charge is 2.31. The molecule has 1 aliphatic carbocycles. The molecule has 0 atom stereocenters. The lowest BCUT2D eigenvalue weighted by atomic mass is 10.2. The van der Waals surface area contributed by atoms with Crippen molar-refractivity contribution in [1.29, 1.82) is 0 Å². The van der Waals surface area contributed by atoms with Crippen molar-refractivity contribution in [3.63, 3.8) is 0 Å². The van der Waals surface area contributed by atoms with Crippen LogP contribution in [-0.4, -0.2) is 44.5 Å². The number of thiazole rings is 1. The van der Waals surface area contributed by atoms with Gasteiger partial charge in [0, 0.05) is 30.4 Å². The van der Waals surface area contributed by atoms with Crippen LogP contribution in [-0.2, 0) is 16.4 Å². The van der Waals surface area contributed by atoms with Crippen molar-refractivity contribution in [2.45, 2.75) is 32.2 Å². The van der Waals surface area contributed by atoms with E-state index in [1.54, 1.807) is 11.3 Å². The highest BCUT2D eigenvalue weighted by atomic mass is 32.2. The topological polar surface area (TPSA) is 62.3 Å². The van der Waals surface area contributed by atoms with E-state index in [1.807, 2.05) is 0 Å². The number of aromatic nitrogens is 1. The molecular weight excluding hydrogens is 294 g/mol. The lowest BCUT2D eigenvalue weighted by Crippen LogP contribution is -2.40. The Morgan fingerprint density at radius 3 is 2.65 bits per heavy atom. The monoisotopic (exact) mass is 315 g/mol. The normalized spacial score (nSPS) is 22.1. The van der Waals surface area contributed by atoms with Gasteiger partial charge < -0.3 is 10.2 Å². The number of anilines is 1. The molecular formula is C13H21N3O2S2. The summed E-state index contributed by atoms with van der Waals surface area (Å²) >= 11 is 1.73. The molecule has 5 nitrogen and oxygen atoms in total. The van der Waals surface area contributed by atoms with E-state index in [0.29, 0.717) is 19.0 Å². The summed E-state index contributed by atoms with van der Waals surface area (Å²) in [6, 6.07) is 0. The second-order valence-electron chi connectivity index (χ2n) is 5.50. The third kappa shape index (κ3) is 3.15. The molecule has 3 rings (SSSR count). The number of nitrogens with one attached hydrogen (secondary N) is 1. The molecule has 0 bridgehead atoms. The van der Waals surface area contributed by atoms with Crippen LogP contribution < -0.4 is 10.2 Å². The first-order valence-electron chi connectivity index (χ1n) is 7.25. The van der Waals surface area contributed by atoms with Gasteiger partial charge in [0.05, 0.1) is 17.2 Å². The Balaban J connectivity index is 1.76. The lowest BCUT2D eigenvalue weighted by molar-refractivity contribution is 0.586. The zero-order valence-corrected chi connectivity index (χ0v) is 13.4. The summed E-state index contributed by atoms with van der Waals surface area (Å²) in [7, 11) is -2.82. The van der Waals surface area contributed by atoms with E-state index < -0.39 is 9.84 Å². The zero-order valence-electron chi connectivity index (χ0n) is 11.8. The second kappa shape index (κ2) is 5.61. The number of nitrogens with zero attached hydrogens (tertiary/aromatic N) is 2. The second-order valence-corrected chi connectivity index (χ2v) is 8.86. The van der Waals surface area contributed by atoms with Gasteiger partial charge >= 0.3 is 0 Å². The smallest absolute Gasteiger partial charge is 0.185 e. The Kier molecular flexibility index (Phi) is 4.01. The lowest BCUT2D eigenvalue weighted by Gasteiger charge is -2.25. The molecule has 1 N–H and O–H groups in total. The van der Waals surface area contributed by atoms with Crippen molar-refractivity contribution >= 4 is 26.3 Å². The van der Waals surface area contributed by atoms with E-state index in [-0.39, 0.29) is 11.5 Å². The third-order valence-corrected chi connectivity index (χ3v) is 6.57. The first-order chi connectivity index (χ1) is 9.59. The Morgan fingerprint density at radius 1 is 1.35 bits per heavy atom. The third-order valence-electron chi connectivity index (χ3n) is 3.83. The summed E-state index contributed by atoms with van der Waals surface area (Å²) in [4.78, 5) is 8.27. The Labute approximate surface area is 124 Å². The Morgan fingerprint density at radius 2 is 2.05 bits per heavy atom. The zero-order chi connectivity index (χ0) is 14.2. The summed E-state index contributed by atoms with van der Waals surface area (Å²) in [6.07, 6.45) is 2.49. The molecule has 1 aromatic heterocycles. The number of hydrogen-bond acceptors (Lipinski definition) is 6. The molecule has 1 aliphatic heterocycles. The highest BCUT2D eigenvalue weighted by molar-refractivity contribution is 7.91. The fraction of sp³-hybridized carbons (Fsp3) is 0.769. The highest BCUT2D eigenvalue weighted by Crippen LogP contribution is 2.44. The molecule has 20 heavy (non-hydrogen) atoms. The van der Waals surface area contributed by atoms with Gasteiger partial charge in [-0.05, 0) is 19.4 Å². The minimum Gasteiger partial charge on any atom is -0.346 e. The van der Waals surface area contributed by atoms with Crippen LogP contribution >= 0.6 is 11.3 Å². The van der Waals surface area contributed by atoms with Crippen LogP contribution in [0.15, 0.2) is 0 Å². The van der Waals surface area contributed by atoms with Crippen LogP contribution in [0.4, 0.5) is 5.13 Å². The largest absolute Gasteiger partial charge is 0.346 e. The molecule has 2 fully saturated rings. The minimum absolute atomic E-state index is 0.258. The molecule has 2 aliphatic rings. The molecule has 1 aromatic rings. The van der Waals surface area contributed by atoms with Crippen molar-refractivity contribution < 1.29 is 8.42 Å². The van der Waals surface area contributed by atoms with E-state index >= 15 is 0 Å². The van der Waals surface area contributed by atoms with Crippen molar-refractivity contribution in [1.82, 2.24) is 10.3 Å². The van der Waals surface area contributed by atoms with E-state index in [1.165, 1.54) is 23.4 Å². The van der Waals surface area contributed by atoms with Crippen LogP contribution in [0.25, 0.3) is 0 Å². The van der Waals surface area contributed by atoms with E-state index in [9.17, 15) is 8.42 Å². The molecule has 2 heterocycles. The molecule has 1 saturated heterocycles. The van der Waals surface area contributed by atoms with Crippen LogP contribution in [0.2, 0.25) is 0 Å². The quantitative estimate of drug-likeness (QED) is 0.889. The van der Waals surface area contributed by atoms with E-state index in [4.69, 9.17) is 4.98 Å². The fourth-order valence-electron chi connectivity index (χ4n) is 2.43. The Bertz CT molecular complexity index is 564. The van der Waals surface area contributed by atoms with Gasteiger partial charge in [0.1, 0.15) is 0 Å². The minimum atomic E-state index is -2.82. The van der Waals surface area contributed by atoms with Gasteiger partial charge in [0.25, 0.3) is 0 Å². The average molecular weight is 315 g/mol. The van der Waals surface area contributed by atoms with Crippen molar-refractivity contribution in [2.75, 3.05) is 36.0 Å². The van der Waals surface area contributed by atoms with Gasteiger partial charge in [0.2, 0.25) is 0 Å². The SMILES string of the molecule is CCNCc1sc(N2CCS(=O)(=O)CC2)nc1C1CC1. The summed E-state index contributed by atoms with van der Waals surface area (Å²) in [5.74, 6) is 1.16. The van der Waals surface area contributed by atoms with Gasteiger partial charge in [-0.15, -0.1) is 11.3 Å². The molecule has 1 saturated carbocycles. The predicted molar refractivity (Wildman–Crippen MR) is 82.3 cm³/mol. The summed E-state index contributed by atoms with van der Waals surface area (Å²) in [5, 5.41) is 4.38. The number of rotatable bonds is 5. The number of sulfone groups is 1. The van der Waals surface area contributed by atoms with Gasteiger partial charge in [-0.2, -0.15) is 0 Å². The molecule has 0 radical (unpaired) electrons. The van der Waals surface area contributed by atoms with Crippen LogP contribution in [0.1, 0.15) is 36.3 Å². The number of hydrogen-bond donors (Lipinski definition) is 1. The molecule has 0 aromatic carbocycles. The van der Waals surface area contributed by atoms with Crippen LogP contribution in [0.5, 0.6) is 0 Å². The first-order valence-corrected chi connectivity index (χ1v) is 9.88. The maximum Gasteiger partial charge on any atom is 0.185 e. The van der Waals surface area contributed by atoms with Gasteiger partial charge in [-0.1, -0.05) is 6.92 Å². The van der Waals surface area contributed by atoms with Gasteiger partial charge in [0.15, 0.2) is 15.0 Å². The maximum atomic E-state index is 11.5. The molecule has 0 unspecified atom stereocenters. The molecule has 7 heteroatoms. The van der Waals surface area contributed by atoms with Crippen molar-refractivity contribution in [2.24, 2.45) is 0 Å². The molecule has 0 amide bonds. The van der Waals surface area contributed by atoms with Crippen molar-refractivity contribution in [3.8, 4) is 0 Å². The summed E-state index contributed by atoms with van der Waals surface area (Å²) in [6.45, 7) is 5.11. The van der Waals surface area contributed by atoms with E-state index in [0.717, 1.165) is 18.2 Å². The van der Waals surface area contributed by atoms with Gasteiger partial charge in [-0.3, -0.25) is 0 Å². The molecule has 0 spiro atoms. The van der Waals surface area contributed by atoms with Crippen LogP contribution in [0.3, 0.4) is 0 Å². The maximum absolute atomic E-state index is 11.5. The summed E-state index contributed by atoms with van der Waals surface area (Å²) < 4.78 is 23.0. The first kappa shape index (κ1) is 14.3. The van der Waals surface area contributed by atoms with Crippen molar-refractivity contribution in [3.05, 3.63) is 10.6 Å². The molecule has 112 valence electrons. The van der Waals surface area contributed by atoms with Crippen LogP contribution in [0, 0.1) is 0 Å².